The lowest BCUT2D eigenvalue weighted by molar-refractivity contribution is -0.0639. The predicted molar refractivity (Wildman–Crippen MR) is 78.9 cm³/mol. The molecule has 0 amide bonds. The molecular weight excluding hydrogens is 254 g/mol. The average Bonchev–Trinajstić information content (AvgIpc) is 2.53. The topological polar surface area (TPSA) is 53.7 Å². The second kappa shape index (κ2) is 7.62. The molecule has 0 bridgehead atoms. The van der Waals surface area contributed by atoms with Crippen molar-refractivity contribution in [1.29, 1.82) is 0 Å². The molecular formula is C16H25NO3. The van der Waals surface area contributed by atoms with Gasteiger partial charge in [0.1, 0.15) is 5.75 Å². The first-order valence-corrected chi connectivity index (χ1v) is 7.33. The molecule has 0 aliphatic carbocycles. The highest BCUT2D eigenvalue weighted by atomic mass is 16.5. The summed E-state index contributed by atoms with van der Waals surface area (Å²) in [6, 6.07) is 7.68. The Hall–Kier alpha value is -1.10. The van der Waals surface area contributed by atoms with Gasteiger partial charge in [-0.3, -0.25) is 0 Å². The van der Waals surface area contributed by atoms with Crippen LogP contribution >= 0.6 is 0 Å². The Morgan fingerprint density at radius 2 is 2.05 bits per heavy atom. The predicted octanol–water partition coefficient (Wildman–Crippen LogP) is 2.67. The van der Waals surface area contributed by atoms with E-state index in [0.717, 1.165) is 30.8 Å². The maximum Gasteiger partial charge on any atom is 0.118 e. The molecule has 4 heteroatoms. The van der Waals surface area contributed by atoms with Gasteiger partial charge in [-0.2, -0.15) is 0 Å². The maximum atomic E-state index is 6.24. The first-order chi connectivity index (χ1) is 9.70. The van der Waals surface area contributed by atoms with Crippen molar-refractivity contribution >= 4 is 0 Å². The minimum absolute atomic E-state index is 0.0334. The monoisotopic (exact) mass is 279 g/mol. The van der Waals surface area contributed by atoms with Gasteiger partial charge in [0, 0.05) is 6.61 Å². The normalized spacial score (nSPS) is 22.2. The summed E-state index contributed by atoms with van der Waals surface area (Å²) in [5, 5.41) is 0. The zero-order chi connectivity index (χ0) is 14.4. The van der Waals surface area contributed by atoms with Gasteiger partial charge in [0.05, 0.1) is 32.0 Å². The summed E-state index contributed by atoms with van der Waals surface area (Å²) < 4.78 is 16.7. The smallest absolute Gasteiger partial charge is 0.118 e. The van der Waals surface area contributed by atoms with Crippen LogP contribution in [-0.2, 0) is 9.47 Å². The Labute approximate surface area is 121 Å². The van der Waals surface area contributed by atoms with Crippen LogP contribution in [0.1, 0.15) is 37.8 Å². The standard InChI is InChI=1S/C16H25NO3/c1-12(20-11-15-5-3-4-10-19-15)16(17)13-6-8-14(18-2)9-7-13/h6-9,12,15-16H,3-5,10-11,17H2,1-2H3. The van der Waals surface area contributed by atoms with Gasteiger partial charge in [0.15, 0.2) is 0 Å². The molecule has 0 spiro atoms. The zero-order valence-corrected chi connectivity index (χ0v) is 12.4. The van der Waals surface area contributed by atoms with Gasteiger partial charge >= 0.3 is 0 Å². The van der Waals surface area contributed by atoms with Crippen molar-refractivity contribution in [2.75, 3.05) is 20.3 Å². The van der Waals surface area contributed by atoms with Crippen molar-refractivity contribution < 1.29 is 14.2 Å². The summed E-state index contributed by atoms with van der Waals surface area (Å²) in [5.74, 6) is 0.838. The molecule has 4 nitrogen and oxygen atoms in total. The SMILES string of the molecule is COc1ccc(C(N)C(C)OCC2CCCCO2)cc1. The Balaban J connectivity index is 1.82. The molecule has 20 heavy (non-hydrogen) atoms. The quantitative estimate of drug-likeness (QED) is 0.870. The van der Waals surface area contributed by atoms with Gasteiger partial charge in [-0.1, -0.05) is 12.1 Å². The van der Waals surface area contributed by atoms with Gasteiger partial charge in [-0.15, -0.1) is 0 Å². The second-order valence-electron chi connectivity index (χ2n) is 5.33. The van der Waals surface area contributed by atoms with Gasteiger partial charge in [-0.25, -0.2) is 0 Å². The van der Waals surface area contributed by atoms with Crippen LogP contribution in [0.25, 0.3) is 0 Å². The number of methoxy groups -OCH3 is 1. The summed E-state index contributed by atoms with van der Waals surface area (Å²) in [4.78, 5) is 0. The van der Waals surface area contributed by atoms with Gasteiger partial charge in [-0.05, 0) is 43.9 Å². The van der Waals surface area contributed by atoms with Crippen LogP contribution in [0.5, 0.6) is 5.75 Å². The number of ether oxygens (including phenoxy) is 3. The largest absolute Gasteiger partial charge is 0.497 e. The molecule has 1 saturated heterocycles. The van der Waals surface area contributed by atoms with Crippen LogP contribution in [0.15, 0.2) is 24.3 Å². The molecule has 3 unspecified atom stereocenters. The van der Waals surface area contributed by atoms with Crippen molar-refractivity contribution in [1.82, 2.24) is 0 Å². The molecule has 2 N–H and O–H groups in total. The molecule has 1 fully saturated rings. The Kier molecular flexibility index (Phi) is 5.83. The molecule has 1 aromatic rings. The number of hydrogen-bond acceptors (Lipinski definition) is 4. The first-order valence-electron chi connectivity index (χ1n) is 7.33. The van der Waals surface area contributed by atoms with Gasteiger partial charge < -0.3 is 19.9 Å². The van der Waals surface area contributed by atoms with E-state index in [1.807, 2.05) is 31.2 Å². The molecule has 3 atom stereocenters. The third-order valence-corrected chi connectivity index (χ3v) is 3.83. The summed E-state index contributed by atoms with van der Waals surface area (Å²) in [6.07, 6.45) is 3.68. The highest BCUT2D eigenvalue weighted by Crippen LogP contribution is 2.21. The van der Waals surface area contributed by atoms with Crippen LogP contribution in [0.3, 0.4) is 0 Å². The van der Waals surface area contributed by atoms with E-state index in [1.54, 1.807) is 7.11 Å². The van der Waals surface area contributed by atoms with E-state index in [1.165, 1.54) is 6.42 Å². The highest BCUT2D eigenvalue weighted by molar-refractivity contribution is 5.29. The third kappa shape index (κ3) is 4.20. The Morgan fingerprint density at radius 1 is 1.30 bits per heavy atom. The van der Waals surface area contributed by atoms with E-state index >= 15 is 0 Å². The lowest BCUT2D eigenvalue weighted by Crippen LogP contribution is -2.31. The van der Waals surface area contributed by atoms with Crippen molar-refractivity contribution in [2.45, 2.75) is 44.4 Å². The van der Waals surface area contributed by atoms with E-state index in [9.17, 15) is 0 Å². The summed E-state index contributed by atoms with van der Waals surface area (Å²) in [7, 11) is 1.66. The van der Waals surface area contributed by atoms with E-state index in [4.69, 9.17) is 19.9 Å². The molecule has 0 saturated carbocycles. The molecule has 1 aliphatic rings. The van der Waals surface area contributed by atoms with E-state index in [-0.39, 0.29) is 18.2 Å². The first kappa shape index (κ1) is 15.3. The van der Waals surface area contributed by atoms with Crippen molar-refractivity contribution in [3.63, 3.8) is 0 Å². The molecule has 0 radical (unpaired) electrons. The number of nitrogens with two attached hydrogens (primary N) is 1. The fourth-order valence-corrected chi connectivity index (χ4v) is 2.40. The Morgan fingerprint density at radius 3 is 2.65 bits per heavy atom. The highest BCUT2D eigenvalue weighted by Gasteiger charge is 2.19. The van der Waals surface area contributed by atoms with Crippen molar-refractivity contribution in [2.24, 2.45) is 5.73 Å². The lowest BCUT2D eigenvalue weighted by Gasteiger charge is -2.26. The third-order valence-electron chi connectivity index (χ3n) is 3.83. The van der Waals surface area contributed by atoms with Crippen LogP contribution in [-0.4, -0.2) is 32.5 Å². The van der Waals surface area contributed by atoms with Crippen molar-refractivity contribution in [3.8, 4) is 5.75 Å². The lowest BCUT2D eigenvalue weighted by atomic mass is 10.0. The van der Waals surface area contributed by atoms with Crippen LogP contribution in [0.2, 0.25) is 0 Å². The Bertz CT molecular complexity index is 387. The average molecular weight is 279 g/mol. The fourth-order valence-electron chi connectivity index (χ4n) is 2.40. The van der Waals surface area contributed by atoms with E-state index < -0.39 is 0 Å². The number of hydrogen-bond donors (Lipinski definition) is 1. The summed E-state index contributed by atoms with van der Waals surface area (Å²) in [5.41, 5.74) is 7.30. The summed E-state index contributed by atoms with van der Waals surface area (Å²) >= 11 is 0. The summed E-state index contributed by atoms with van der Waals surface area (Å²) in [6.45, 7) is 3.50. The second-order valence-corrected chi connectivity index (χ2v) is 5.33. The zero-order valence-electron chi connectivity index (χ0n) is 12.4. The van der Waals surface area contributed by atoms with Gasteiger partial charge in [0.25, 0.3) is 0 Å². The fraction of sp³-hybridized carbons (Fsp3) is 0.625. The number of rotatable bonds is 6. The van der Waals surface area contributed by atoms with E-state index in [2.05, 4.69) is 0 Å². The molecule has 112 valence electrons. The van der Waals surface area contributed by atoms with E-state index in [0.29, 0.717) is 6.61 Å². The van der Waals surface area contributed by atoms with Crippen molar-refractivity contribution in [3.05, 3.63) is 29.8 Å². The minimum Gasteiger partial charge on any atom is -0.497 e. The van der Waals surface area contributed by atoms with Crippen LogP contribution in [0, 0.1) is 0 Å². The van der Waals surface area contributed by atoms with Crippen LogP contribution in [0.4, 0.5) is 0 Å². The molecule has 2 rings (SSSR count). The molecule has 0 aromatic heterocycles. The molecule has 1 aliphatic heterocycles. The minimum atomic E-state index is -0.135. The maximum absolute atomic E-state index is 6.24. The van der Waals surface area contributed by atoms with Crippen LogP contribution < -0.4 is 10.5 Å². The molecule has 1 heterocycles. The number of benzene rings is 1. The van der Waals surface area contributed by atoms with Gasteiger partial charge in [0.2, 0.25) is 0 Å². The molecule has 1 aromatic carbocycles.